The summed E-state index contributed by atoms with van der Waals surface area (Å²) in [4.78, 5) is 2.22. The molecule has 3 heteroatoms. The molecule has 0 spiro atoms. The average Bonchev–Trinajstić information content (AvgIpc) is 2.59. The molecule has 1 aromatic carbocycles. The Morgan fingerprint density at radius 1 is 1.21 bits per heavy atom. The minimum Gasteiger partial charge on any atom is -0.305 e. The predicted octanol–water partition coefficient (Wildman–Crippen LogP) is 1.74. The monoisotopic (exact) mass is 185 g/mol. The van der Waals surface area contributed by atoms with E-state index in [-0.39, 0.29) is 0 Å². The zero-order valence-electron chi connectivity index (χ0n) is 8.01. The van der Waals surface area contributed by atoms with Crippen molar-refractivity contribution >= 4 is 17.6 Å². The first-order chi connectivity index (χ1) is 6.84. The molecule has 0 amide bonds. The van der Waals surface area contributed by atoms with E-state index in [2.05, 4.69) is 46.4 Å². The summed E-state index contributed by atoms with van der Waals surface area (Å²) in [7, 11) is 1.99. The van der Waals surface area contributed by atoms with E-state index in [4.69, 9.17) is 0 Å². The summed E-state index contributed by atoms with van der Waals surface area (Å²) in [6.45, 7) is 0.844. The van der Waals surface area contributed by atoms with E-state index in [9.17, 15) is 0 Å². The first-order valence-corrected chi connectivity index (χ1v) is 4.69. The maximum atomic E-state index is 4.40. The number of fused-ring (bicyclic) bond motifs is 3. The third-order valence-electron chi connectivity index (χ3n) is 2.54. The third-order valence-corrected chi connectivity index (χ3v) is 2.54. The van der Waals surface area contributed by atoms with E-state index in [1.165, 1.54) is 11.3 Å². The summed E-state index contributed by atoms with van der Waals surface area (Å²) >= 11 is 0. The summed E-state index contributed by atoms with van der Waals surface area (Å²) in [6.07, 6.45) is 4.18. The number of hydrogen-bond acceptors (Lipinski definition) is 3. The van der Waals surface area contributed by atoms with Crippen molar-refractivity contribution in [1.29, 1.82) is 0 Å². The minimum atomic E-state index is 0.844. The van der Waals surface area contributed by atoms with Gasteiger partial charge in [-0.1, -0.05) is 18.2 Å². The summed E-state index contributed by atoms with van der Waals surface area (Å²) in [5.41, 5.74) is 2.51. The summed E-state index contributed by atoms with van der Waals surface area (Å²) < 4.78 is 0. The molecule has 0 bridgehead atoms. The largest absolute Gasteiger partial charge is 0.305 e. The van der Waals surface area contributed by atoms with Crippen molar-refractivity contribution in [2.45, 2.75) is 0 Å². The molecule has 0 unspecified atom stereocenters. The lowest BCUT2D eigenvalue weighted by Crippen LogP contribution is -2.30. The van der Waals surface area contributed by atoms with Crippen molar-refractivity contribution in [3.8, 4) is 0 Å². The molecule has 0 saturated carbocycles. The van der Waals surface area contributed by atoms with Crippen LogP contribution in [-0.2, 0) is 0 Å². The van der Waals surface area contributed by atoms with Crippen LogP contribution < -0.4 is 4.90 Å². The number of para-hydroxylation sites is 1. The van der Waals surface area contributed by atoms with E-state index < -0.39 is 0 Å². The first kappa shape index (κ1) is 7.62. The van der Waals surface area contributed by atoms with Gasteiger partial charge in [-0.05, 0) is 23.8 Å². The van der Waals surface area contributed by atoms with Crippen LogP contribution in [-0.4, -0.2) is 24.6 Å². The number of hydrogen-bond donors (Lipinski definition) is 0. The molecule has 0 atom stereocenters. The van der Waals surface area contributed by atoms with Crippen LogP contribution in [0.25, 0.3) is 6.08 Å². The van der Waals surface area contributed by atoms with Crippen LogP contribution in [0.4, 0.5) is 5.69 Å². The van der Waals surface area contributed by atoms with Crippen LogP contribution in [0.15, 0.2) is 35.4 Å². The highest BCUT2D eigenvalue weighted by atomic mass is 15.6. The van der Waals surface area contributed by atoms with Crippen molar-refractivity contribution < 1.29 is 0 Å². The molecule has 2 aliphatic heterocycles. The van der Waals surface area contributed by atoms with Crippen LogP contribution >= 0.6 is 0 Å². The van der Waals surface area contributed by atoms with Gasteiger partial charge < -0.3 is 4.90 Å². The zero-order valence-corrected chi connectivity index (χ0v) is 8.01. The topological polar surface area (TPSA) is 18.8 Å². The van der Waals surface area contributed by atoms with E-state index in [1.807, 2.05) is 12.1 Å². The maximum Gasteiger partial charge on any atom is 0.154 e. The van der Waals surface area contributed by atoms with Gasteiger partial charge in [-0.3, -0.25) is 5.01 Å². The molecule has 0 aliphatic carbocycles. The van der Waals surface area contributed by atoms with E-state index in [1.54, 1.807) is 0 Å². The van der Waals surface area contributed by atoms with Gasteiger partial charge in [0.25, 0.3) is 0 Å². The average molecular weight is 185 g/mol. The Kier molecular flexibility index (Phi) is 1.42. The molecule has 0 aromatic heterocycles. The fourth-order valence-electron chi connectivity index (χ4n) is 1.90. The molecular formula is C11H11N3. The minimum absolute atomic E-state index is 0.844. The molecule has 0 saturated heterocycles. The zero-order chi connectivity index (χ0) is 9.54. The molecule has 0 fully saturated rings. The van der Waals surface area contributed by atoms with Crippen molar-refractivity contribution in [3.05, 3.63) is 35.9 Å². The first-order valence-electron chi connectivity index (χ1n) is 4.69. The number of hydrazone groups is 1. The highest BCUT2D eigenvalue weighted by molar-refractivity contribution is 6.12. The second-order valence-corrected chi connectivity index (χ2v) is 3.58. The van der Waals surface area contributed by atoms with Gasteiger partial charge in [-0.2, -0.15) is 5.10 Å². The Labute approximate surface area is 82.9 Å². The third kappa shape index (κ3) is 0.954. The molecule has 70 valence electrons. The van der Waals surface area contributed by atoms with Crippen LogP contribution in [0, 0.1) is 0 Å². The SMILES string of the molecule is CN1CN2C(=N1)C=Cc1ccccc12. The number of benzene rings is 1. The lowest BCUT2D eigenvalue weighted by molar-refractivity contribution is 0.393. The molecule has 0 radical (unpaired) electrons. The highest BCUT2D eigenvalue weighted by Crippen LogP contribution is 2.28. The molecule has 14 heavy (non-hydrogen) atoms. The molecule has 3 rings (SSSR count). The second-order valence-electron chi connectivity index (χ2n) is 3.58. The molecule has 3 nitrogen and oxygen atoms in total. The molecule has 0 N–H and O–H groups in total. The quantitative estimate of drug-likeness (QED) is 0.613. The Morgan fingerprint density at radius 2 is 2.07 bits per heavy atom. The van der Waals surface area contributed by atoms with Crippen molar-refractivity contribution in [2.75, 3.05) is 18.6 Å². The van der Waals surface area contributed by atoms with Crippen LogP contribution in [0.3, 0.4) is 0 Å². The van der Waals surface area contributed by atoms with Gasteiger partial charge in [0.05, 0.1) is 5.69 Å². The van der Waals surface area contributed by atoms with E-state index >= 15 is 0 Å². The Morgan fingerprint density at radius 3 is 3.00 bits per heavy atom. The van der Waals surface area contributed by atoms with Crippen LogP contribution in [0.5, 0.6) is 0 Å². The van der Waals surface area contributed by atoms with Crippen molar-refractivity contribution in [3.63, 3.8) is 0 Å². The van der Waals surface area contributed by atoms with Gasteiger partial charge in [0.2, 0.25) is 0 Å². The summed E-state index contributed by atoms with van der Waals surface area (Å²) in [5, 5.41) is 6.34. The Balaban J connectivity index is 2.14. The lowest BCUT2D eigenvalue weighted by atomic mass is 10.1. The fraction of sp³-hybridized carbons (Fsp3) is 0.182. The van der Waals surface area contributed by atoms with Gasteiger partial charge in [0.1, 0.15) is 6.67 Å². The lowest BCUT2D eigenvalue weighted by Gasteiger charge is -2.23. The van der Waals surface area contributed by atoms with Gasteiger partial charge in [0, 0.05) is 7.05 Å². The maximum absolute atomic E-state index is 4.40. The molecule has 2 heterocycles. The smallest absolute Gasteiger partial charge is 0.154 e. The van der Waals surface area contributed by atoms with E-state index in [0.29, 0.717) is 0 Å². The number of rotatable bonds is 0. The van der Waals surface area contributed by atoms with Crippen LogP contribution in [0.2, 0.25) is 0 Å². The Hall–Kier alpha value is -1.77. The standard InChI is InChI=1S/C11H11N3/c1-13-8-14-10-5-3-2-4-9(10)6-7-11(14)12-13/h2-7H,8H2,1H3. The number of nitrogens with zero attached hydrogens (tertiary/aromatic N) is 3. The molecule has 1 aromatic rings. The van der Waals surface area contributed by atoms with Crippen molar-refractivity contribution in [1.82, 2.24) is 5.01 Å². The number of amidine groups is 1. The highest BCUT2D eigenvalue weighted by Gasteiger charge is 2.24. The van der Waals surface area contributed by atoms with E-state index in [0.717, 1.165) is 12.5 Å². The normalized spacial score (nSPS) is 17.9. The van der Waals surface area contributed by atoms with Gasteiger partial charge in [-0.15, -0.1) is 0 Å². The fourth-order valence-corrected chi connectivity index (χ4v) is 1.90. The van der Waals surface area contributed by atoms with Gasteiger partial charge in [0.15, 0.2) is 5.84 Å². The summed E-state index contributed by atoms with van der Waals surface area (Å²) in [6, 6.07) is 8.38. The summed E-state index contributed by atoms with van der Waals surface area (Å²) in [5.74, 6) is 1.03. The van der Waals surface area contributed by atoms with Crippen LogP contribution in [0.1, 0.15) is 5.56 Å². The van der Waals surface area contributed by atoms with Gasteiger partial charge >= 0.3 is 0 Å². The molecule has 2 aliphatic rings. The van der Waals surface area contributed by atoms with Gasteiger partial charge in [-0.25, -0.2) is 0 Å². The van der Waals surface area contributed by atoms with Crippen molar-refractivity contribution in [2.24, 2.45) is 5.10 Å². The second kappa shape index (κ2) is 2.61. The Bertz CT molecular complexity index is 434. The number of anilines is 1. The predicted molar refractivity (Wildman–Crippen MR) is 58.0 cm³/mol. The molecular weight excluding hydrogens is 174 g/mol.